The summed E-state index contributed by atoms with van der Waals surface area (Å²) in [4.78, 5) is 33.9. The van der Waals surface area contributed by atoms with Gasteiger partial charge >= 0.3 is 0 Å². The lowest BCUT2D eigenvalue weighted by Gasteiger charge is -2.34. The van der Waals surface area contributed by atoms with Gasteiger partial charge in [0.15, 0.2) is 11.6 Å². The number of anilines is 1. The van der Waals surface area contributed by atoms with Crippen molar-refractivity contribution in [3.63, 3.8) is 0 Å². The zero-order chi connectivity index (χ0) is 20.0. The number of para-hydroxylation sites is 3. The number of piperazine rings is 1. The van der Waals surface area contributed by atoms with E-state index in [0.29, 0.717) is 43.3 Å². The average molecular weight is 388 g/mol. The van der Waals surface area contributed by atoms with E-state index in [9.17, 15) is 9.59 Å². The van der Waals surface area contributed by atoms with Crippen LogP contribution in [0.3, 0.4) is 0 Å². The minimum absolute atomic E-state index is 0.124. The summed E-state index contributed by atoms with van der Waals surface area (Å²) >= 11 is 0. The number of hydrogen-bond acceptors (Lipinski definition) is 5. The monoisotopic (exact) mass is 388 g/mol. The molecule has 0 saturated carbocycles. The van der Waals surface area contributed by atoms with Crippen molar-refractivity contribution in [1.82, 2.24) is 14.5 Å². The highest BCUT2D eigenvalue weighted by Gasteiger charge is 2.26. The molecule has 5 rings (SSSR count). The Morgan fingerprint density at radius 2 is 1.72 bits per heavy atom. The number of carbonyl (C=O) groups is 1. The Hall–Kier alpha value is -3.61. The molecule has 0 unspecified atom stereocenters. The summed E-state index contributed by atoms with van der Waals surface area (Å²) in [6, 6.07) is 17.0. The van der Waals surface area contributed by atoms with Gasteiger partial charge in [-0.2, -0.15) is 0 Å². The van der Waals surface area contributed by atoms with Crippen LogP contribution in [-0.2, 0) is 7.05 Å². The molecule has 29 heavy (non-hydrogen) atoms. The van der Waals surface area contributed by atoms with Gasteiger partial charge in [-0.1, -0.05) is 30.3 Å². The summed E-state index contributed by atoms with van der Waals surface area (Å²) in [5, 5.41) is 0.915. The number of amides is 1. The molecule has 0 N–H and O–H groups in total. The van der Waals surface area contributed by atoms with Crippen LogP contribution >= 0.6 is 0 Å². The largest absolute Gasteiger partial charge is 0.451 e. The Morgan fingerprint density at radius 3 is 2.52 bits per heavy atom. The predicted molar refractivity (Wildman–Crippen MR) is 111 cm³/mol. The van der Waals surface area contributed by atoms with E-state index >= 15 is 0 Å². The molecule has 0 bridgehead atoms. The molecule has 3 heterocycles. The fourth-order valence-electron chi connectivity index (χ4n) is 3.83. The molecule has 1 aliphatic heterocycles. The van der Waals surface area contributed by atoms with Gasteiger partial charge in [0.25, 0.3) is 11.5 Å². The SMILES string of the molecule is Cn1c(=O)c(N2CCN(C(=O)c3cc4ccccc4o3)CC2)nc2ccccc21. The number of aromatic nitrogens is 2. The molecule has 7 heteroatoms. The second-order valence-corrected chi connectivity index (χ2v) is 7.22. The third kappa shape index (κ3) is 2.95. The second-order valence-electron chi connectivity index (χ2n) is 7.22. The van der Waals surface area contributed by atoms with Crippen LogP contribution in [-0.4, -0.2) is 46.5 Å². The van der Waals surface area contributed by atoms with Crippen molar-refractivity contribution in [2.75, 3.05) is 31.1 Å². The predicted octanol–water partition coefficient (Wildman–Crippen LogP) is 2.64. The summed E-state index contributed by atoms with van der Waals surface area (Å²) in [6.07, 6.45) is 0. The lowest BCUT2D eigenvalue weighted by molar-refractivity contribution is 0.0717. The van der Waals surface area contributed by atoms with Gasteiger partial charge in [0.05, 0.1) is 11.0 Å². The first-order chi connectivity index (χ1) is 14.1. The van der Waals surface area contributed by atoms with Gasteiger partial charge in [0.1, 0.15) is 5.58 Å². The number of furan rings is 1. The molecular formula is C22H20N4O3. The van der Waals surface area contributed by atoms with Gasteiger partial charge in [-0.25, -0.2) is 4.98 Å². The van der Waals surface area contributed by atoms with Crippen molar-refractivity contribution >= 4 is 33.7 Å². The Balaban J connectivity index is 1.36. The highest BCUT2D eigenvalue weighted by molar-refractivity contribution is 5.96. The van der Waals surface area contributed by atoms with Crippen molar-refractivity contribution in [1.29, 1.82) is 0 Å². The molecule has 1 aliphatic rings. The molecular weight excluding hydrogens is 368 g/mol. The van der Waals surface area contributed by atoms with Gasteiger partial charge in [-0.15, -0.1) is 0 Å². The Labute approximate surface area is 166 Å². The van der Waals surface area contributed by atoms with E-state index in [1.54, 1.807) is 22.6 Å². The van der Waals surface area contributed by atoms with Crippen LogP contribution in [0.4, 0.5) is 5.82 Å². The third-order valence-electron chi connectivity index (χ3n) is 5.47. The summed E-state index contributed by atoms with van der Waals surface area (Å²) in [5.41, 5.74) is 2.17. The summed E-state index contributed by atoms with van der Waals surface area (Å²) in [7, 11) is 1.76. The van der Waals surface area contributed by atoms with E-state index in [2.05, 4.69) is 4.98 Å². The van der Waals surface area contributed by atoms with Crippen molar-refractivity contribution in [3.8, 4) is 0 Å². The standard InChI is InChI=1S/C22H20N4O3/c1-24-17-8-4-3-7-16(17)23-20(22(24)28)25-10-12-26(13-11-25)21(27)19-14-15-6-2-5-9-18(15)29-19/h2-9,14H,10-13H2,1H3. The molecule has 1 amide bonds. The number of carbonyl (C=O) groups excluding carboxylic acids is 1. The van der Waals surface area contributed by atoms with E-state index in [1.165, 1.54) is 0 Å². The molecule has 0 spiro atoms. The fourth-order valence-corrected chi connectivity index (χ4v) is 3.83. The number of hydrogen-bond donors (Lipinski definition) is 0. The lowest BCUT2D eigenvalue weighted by atomic mass is 10.2. The second kappa shape index (κ2) is 6.77. The van der Waals surface area contributed by atoms with Crippen LogP contribution in [0.2, 0.25) is 0 Å². The first-order valence-electron chi connectivity index (χ1n) is 9.60. The first kappa shape index (κ1) is 17.5. The minimum atomic E-state index is -0.125. The molecule has 0 aliphatic carbocycles. The molecule has 2 aromatic heterocycles. The fraction of sp³-hybridized carbons (Fsp3) is 0.227. The maximum atomic E-state index is 12.8. The molecule has 146 valence electrons. The molecule has 7 nitrogen and oxygen atoms in total. The van der Waals surface area contributed by atoms with Gasteiger partial charge in [-0.3, -0.25) is 9.59 Å². The van der Waals surface area contributed by atoms with E-state index < -0.39 is 0 Å². The van der Waals surface area contributed by atoms with Crippen molar-refractivity contribution in [2.24, 2.45) is 7.05 Å². The summed E-state index contributed by atoms with van der Waals surface area (Å²) in [6.45, 7) is 2.11. The van der Waals surface area contributed by atoms with Crippen LogP contribution in [0.15, 0.2) is 63.8 Å². The van der Waals surface area contributed by atoms with E-state index in [4.69, 9.17) is 4.42 Å². The van der Waals surface area contributed by atoms with Crippen molar-refractivity contribution in [2.45, 2.75) is 0 Å². The van der Waals surface area contributed by atoms with Crippen LogP contribution in [0.5, 0.6) is 0 Å². The van der Waals surface area contributed by atoms with Gasteiger partial charge in [0.2, 0.25) is 0 Å². The Morgan fingerprint density at radius 1 is 1.00 bits per heavy atom. The van der Waals surface area contributed by atoms with E-state index in [0.717, 1.165) is 16.4 Å². The number of nitrogens with zero attached hydrogens (tertiary/aromatic N) is 4. The van der Waals surface area contributed by atoms with E-state index in [1.807, 2.05) is 53.4 Å². The average Bonchev–Trinajstić information content (AvgIpc) is 3.20. The quantitative estimate of drug-likeness (QED) is 0.528. The number of benzene rings is 2. The zero-order valence-electron chi connectivity index (χ0n) is 16.0. The van der Waals surface area contributed by atoms with Gasteiger partial charge in [-0.05, 0) is 24.3 Å². The normalized spacial score (nSPS) is 14.7. The number of rotatable bonds is 2. The number of fused-ring (bicyclic) bond motifs is 2. The maximum Gasteiger partial charge on any atom is 0.293 e. The smallest absolute Gasteiger partial charge is 0.293 e. The zero-order valence-corrected chi connectivity index (χ0v) is 16.0. The molecule has 0 atom stereocenters. The third-order valence-corrected chi connectivity index (χ3v) is 5.47. The van der Waals surface area contributed by atoms with Gasteiger partial charge < -0.3 is 18.8 Å². The molecule has 2 aromatic carbocycles. The highest BCUT2D eigenvalue weighted by Crippen LogP contribution is 2.21. The number of aryl methyl sites for hydroxylation is 1. The lowest BCUT2D eigenvalue weighted by Crippen LogP contribution is -2.50. The molecule has 1 fully saturated rings. The highest BCUT2D eigenvalue weighted by atomic mass is 16.3. The topological polar surface area (TPSA) is 71.6 Å². The summed E-state index contributed by atoms with van der Waals surface area (Å²) < 4.78 is 7.34. The molecule has 4 aromatic rings. The minimum Gasteiger partial charge on any atom is -0.451 e. The van der Waals surface area contributed by atoms with Crippen LogP contribution in [0.25, 0.3) is 22.0 Å². The molecule has 1 saturated heterocycles. The summed E-state index contributed by atoms with van der Waals surface area (Å²) in [5.74, 6) is 0.654. The Bertz CT molecular complexity index is 1250. The van der Waals surface area contributed by atoms with Gasteiger partial charge in [0, 0.05) is 38.6 Å². The van der Waals surface area contributed by atoms with Crippen LogP contribution in [0, 0.1) is 0 Å². The van der Waals surface area contributed by atoms with Crippen LogP contribution < -0.4 is 10.5 Å². The van der Waals surface area contributed by atoms with Crippen molar-refractivity contribution < 1.29 is 9.21 Å². The maximum absolute atomic E-state index is 12.8. The van der Waals surface area contributed by atoms with Crippen LogP contribution in [0.1, 0.15) is 10.6 Å². The first-order valence-corrected chi connectivity index (χ1v) is 9.60. The molecule has 0 radical (unpaired) electrons. The van der Waals surface area contributed by atoms with Crippen molar-refractivity contribution in [3.05, 3.63) is 70.7 Å². The Kier molecular flexibility index (Phi) is 4.08. The van der Waals surface area contributed by atoms with E-state index in [-0.39, 0.29) is 11.5 Å².